The second-order valence-corrected chi connectivity index (χ2v) is 8.42. The number of benzene rings is 2. The fraction of sp³-hybridized carbons (Fsp3) is 0.458. The van der Waals surface area contributed by atoms with Crippen LogP contribution in [-0.4, -0.2) is 48.4 Å². The normalized spacial score (nSPS) is 18.7. The van der Waals surface area contributed by atoms with Gasteiger partial charge in [0.2, 0.25) is 5.91 Å². The molecular formula is C24H31N3O. The van der Waals surface area contributed by atoms with Gasteiger partial charge in [-0.25, -0.2) is 0 Å². The molecule has 148 valence electrons. The summed E-state index contributed by atoms with van der Waals surface area (Å²) in [6, 6.07) is 20.9. The Balaban J connectivity index is 1.39. The molecule has 2 aliphatic rings. The lowest BCUT2D eigenvalue weighted by Crippen LogP contribution is -2.47. The first kappa shape index (κ1) is 19.2. The third-order valence-electron chi connectivity index (χ3n) is 6.37. The molecule has 2 saturated heterocycles. The summed E-state index contributed by atoms with van der Waals surface area (Å²) in [4.78, 5) is 17.4. The van der Waals surface area contributed by atoms with Gasteiger partial charge >= 0.3 is 0 Å². The number of rotatable bonds is 6. The molecule has 4 nitrogen and oxygen atoms in total. The van der Waals surface area contributed by atoms with E-state index < -0.39 is 0 Å². The molecule has 28 heavy (non-hydrogen) atoms. The van der Waals surface area contributed by atoms with Crippen molar-refractivity contribution in [1.82, 2.24) is 15.1 Å². The molecule has 0 aliphatic carbocycles. The number of nitrogens with zero attached hydrogens (tertiary/aromatic N) is 2. The minimum Gasteiger partial charge on any atom is -0.342 e. The van der Waals surface area contributed by atoms with Crippen LogP contribution in [0.5, 0.6) is 0 Å². The molecule has 2 aromatic carbocycles. The average molecular weight is 378 g/mol. The summed E-state index contributed by atoms with van der Waals surface area (Å²) in [6.07, 6.45) is 3.55. The number of nitrogens with one attached hydrogen (secondary N) is 1. The molecule has 1 spiro atoms. The van der Waals surface area contributed by atoms with Crippen LogP contribution in [-0.2, 0) is 17.9 Å². The van der Waals surface area contributed by atoms with Gasteiger partial charge in [0.15, 0.2) is 0 Å². The number of carbonyl (C=O) groups excluding carboxylic acids is 1. The standard InChI is InChI=1S/C24H31N3O/c28-23(27-15-12-24(13-16-27)11-14-25-20-24)19-26(17-21-7-3-1-4-8-21)18-22-9-5-2-6-10-22/h1-10,25H,11-20H2. The Bertz CT molecular complexity index is 704. The van der Waals surface area contributed by atoms with Crippen LogP contribution in [0.2, 0.25) is 0 Å². The van der Waals surface area contributed by atoms with Crippen LogP contribution in [0.15, 0.2) is 60.7 Å². The fourth-order valence-corrected chi connectivity index (χ4v) is 4.59. The Morgan fingerprint density at radius 1 is 0.893 bits per heavy atom. The molecule has 1 amide bonds. The lowest BCUT2D eigenvalue weighted by Gasteiger charge is -2.39. The van der Waals surface area contributed by atoms with E-state index in [1.54, 1.807) is 0 Å². The van der Waals surface area contributed by atoms with Crippen molar-refractivity contribution in [2.24, 2.45) is 5.41 Å². The van der Waals surface area contributed by atoms with Crippen molar-refractivity contribution >= 4 is 5.91 Å². The summed E-state index contributed by atoms with van der Waals surface area (Å²) in [5.41, 5.74) is 2.95. The van der Waals surface area contributed by atoms with Crippen molar-refractivity contribution in [3.8, 4) is 0 Å². The molecule has 2 heterocycles. The monoisotopic (exact) mass is 377 g/mol. The summed E-state index contributed by atoms with van der Waals surface area (Å²) in [6.45, 7) is 6.15. The topological polar surface area (TPSA) is 35.6 Å². The summed E-state index contributed by atoms with van der Waals surface area (Å²) in [5, 5.41) is 3.50. The highest BCUT2D eigenvalue weighted by Crippen LogP contribution is 2.36. The molecule has 4 heteroatoms. The van der Waals surface area contributed by atoms with Gasteiger partial charge in [-0.3, -0.25) is 9.69 Å². The van der Waals surface area contributed by atoms with Crippen molar-refractivity contribution in [2.75, 3.05) is 32.7 Å². The molecule has 2 fully saturated rings. The maximum atomic E-state index is 13.1. The number of piperidine rings is 1. The van der Waals surface area contributed by atoms with E-state index >= 15 is 0 Å². The molecular weight excluding hydrogens is 346 g/mol. The predicted octanol–water partition coefficient (Wildman–Crippen LogP) is 3.29. The van der Waals surface area contributed by atoms with Crippen molar-refractivity contribution in [2.45, 2.75) is 32.4 Å². The molecule has 0 atom stereocenters. The Morgan fingerprint density at radius 2 is 1.46 bits per heavy atom. The van der Waals surface area contributed by atoms with Gasteiger partial charge in [-0.2, -0.15) is 0 Å². The lowest BCUT2D eigenvalue weighted by atomic mass is 9.78. The molecule has 0 saturated carbocycles. The third kappa shape index (κ3) is 4.81. The molecule has 0 unspecified atom stereocenters. The smallest absolute Gasteiger partial charge is 0.236 e. The number of hydrogen-bond acceptors (Lipinski definition) is 3. The minimum atomic E-state index is 0.271. The van der Waals surface area contributed by atoms with Crippen molar-refractivity contribution < 1.29 is 4.79 Å². The van der Waals surface area contributed by atoms with Gasteiger partial charge in [-0.05, 0) is 42.3 Å². The molecule has 0 aromatic heterocycles. The van der Waals surface area contributed by atoms with Crippen molar-refractivity contribution in [3.63, 3.8) is 0 Å². The summed E-state index contributed by atoms with van der Waals surface area (Å²) >= 11 is 0. The quantitative estimate of drug-likeness (QED) is 0.839. The van der Waals surface area contributed by atoms with Crippen molar-refractivity contribution in [3.05, 3.63) is 71.8 Å². The SMILES string of the molecule is O=C(CN(Cc1ccccc1)Cc1ccccc1)N1CCC2(CCNC2)CC1. The predicted molar refractivity (Wildman–Crippen MR) is 113 cm³/mol. The van der Waals surface area contributed by atoms with Crippen LogP contribution in [0.3, 0.4) is 0 Å². The highest BCUT2D eigenvalue weighted by Gasteiger charge is 2.38. The van der Waals surface area contributed by atoms with Gasteiger partial charge in [0.1, 0.15) is 0 Å². The van der Waals surface area contributed by atoms with Crippen LogP contribution in [0.25, 0.3) is 0 Å². The van der Waals surface area contributed by atoms with E-state index in [4.69, 9.17) is 0 Å². The lowest BCUT2D eigenvalue weighted by molar-refractivity contribution is -0.134. The largest absolute Gasteiger partial charge is 0.342 e. The van der Waals surface area contributed by atoms with E-state index in [0.29, 0.717) is 12.0 Å². The first-order chi connectivity index (χ1) is 13.7. The molecule has 1 N–H and O–H groups in total. The molecule has 4 rings (SSSR count). The molecule has 2 aromatic rings. The number of carbonyl (C=O) groups is 1. The summed E-state index contributed by atoms with van der Waals surface area (Å²) < 4.78 is 0. The molecule has 0 bridgehead atoms. The summed E-state index contributed by atoms with van der Waals surface area (Å²) in [5.74, 6) is 0.271. The van der Waals surface area contributed by atoms with Crippen LogP contribution >= 0.6 is 0 Å². The Hall–Kier alpha value is -2.17. The zero-order chi connectivity index (χ0) is 19.2. The van der Waals surface area contributed by atoms with E-state index in [0.717, 1.165) is 52.1 Å². The highest BCUT2D eigenvalue weighted by atomic mass is 16.2. The Kier molecular flexibility index (Phi) is 6.08. The highest BCUT2D eigenvalue weighted by molar-refractivity contribution is 5.78. The van der Waals surface area contributed by atoms with E-state index in [1.165, 1.54) is 17.5 Å². The molecule has 2 aliphatic heterocycles. The van der Waals surface area contributed by atoms with Gasteiger partial charge < -0.3 is 10.2 Å². The number of amides is 1. The van der Waals surface area contributed by atoms with E-state index in [9.17, 15) is 4.79 Å². The van der Waals surface area contributed by atoms with E-state index in [1.807, 2.05) is 12.1 Å². The second kappa shape index (κ2) is 8.89. The average Bonchev–Trinajstić information content (AvgIpc) is 3.18. The number of hydrogen-bond donors (Lipinski definition) is 1. The summed E-state index contributed by atoms with van der Waals surface area (Å²) in [7, 11) is 0. The van der Waals surface area contributed by atoms with Crippen molar-refractivity contribution in [1.29, 1.82) is 0 Å². The zero-order valence-electron chi connectivity index (χ0n) is 16.6. The maximum absolute atomic E-state index is 13.1. The van der Waals surface area contributed by atoms with Gasteiger partial charge in [0, 0.05) is 32.7 Å². The number of likely N-dealkylation sites (tertiary alicyclic amines) is 1. The van der Waals surface area contributed by atoms with Gasteiger partial charge in [-0.1, -0.05) is 60.7 Å². The molecule has 0 radical (unpaired) electrons. The van der Waals surface area contributed by atoms with Gasteiger partial charge in [0.25, 0.3) is 0 Å². The van der Waals surface area contributed by atoms with Crippen LogP contribution in [0.4, 0.5) is 0 Å². The Labute approximate surface area is 168 Å². The minimum absolute atomic E-state index is 0.271. The maximum Gasteiger partial charge on any atom is 0.236 e. The third-order valence-corrected chi connectivity index (χ3v) is 6.37. The van der Waals surface area contributed by atoms with E-state index in [2.05, 4.69) is 63.6 Å². The zero-order valence-corrected chi connectivity index (χ0v) is 16.6. The Morgan fingerprint density at radius 3 is 1.96 bits per heavy atom. The van der Waals surface area contributed by atoms with Crippen LogP contribution in [0.1, 0.15) is 30.4 Å². The van der Waals surface area contributed by atoms with Gasteiger partial charge in [0.05, 0.1) is 6.54 Å². The second-order valence-electron chi connectivity index (χ2n) is 8.42. The fourth-order valence-electron chi connectivity index (χ4n) is 4.59. The van der Waals surface area contributed by atoms with Crippen LogP contribution < -0.4 is 5.32 Å². The van der Waals surface area contributed by atoms with E-state index in [-0.39, 0.29) is 5.91 Å². The first-order valence-corrected chi connectivity index (χ1v) is 10.5. The van der Waals surface area contributed by atoms with Crippen LogP contribution in [0, 0.1) is 5.41 Å². The van der Waals surface area contributed by atoms with Gasteiger partial charge in [-0.15, -0.1) is 0 Å². The first-order valence-electron chi connectivity index (χ1n) is 10.5.